The summed E-state index contributed by atoms with van der Waals surface area (Å²) in [6.07, 6.45) is 1.39. The third kappa shape index (κ3) is 2.14. The van der Waals surface area contributed by atoms with Gasteiger partial charge in [-0.2, -0.15) is 0 Å². The first-order valence-corrected chi connectivity index (χ1v) is 5.98. The molecule has 1 aromatic heterocycles. The van der Waals surface area contributed by atoms with Crippen molar-refractivity contribution >= 4 is 5.97 Å². The highest BCUT2D eigenvalue weighted by Crippen LogP contribution is 2.26. The van der Waals surface area contributed by atoms with Gasteiger partial charge >= 0.3 is 5.97 Å². The van der Waals surface area contributed by atoms with Crippen LogP contribution in [-0.2, 0) is 12.8 Å². The van der Waals surface area contributed by atoms with E-state index in [1.54, 1.807) is 0 Å². The van der Waals surface area contributed by atoms with E-state index >= 15 is 0 Å². The van der Waals surface area contributed by atoms with Gasteiger partial charge in [0.05, 0.1) is 5.69 Å². The first-order valence-electron chi connectivity index (χ1n) is 5.98. The summed E-state index contributed by atoms with van der Waals surface area (Å²) in [6.45, 7) is 3.90. The molecular weight excluding hydrogens is 230 g/mol. The molecular formula is C14H15NO3. The number of aromatic carboxylic acids is 1. The summed E-state index contributed by atoms with van der Waals surface area (Å²) < 4.78 is 5.38. The second-order valence-corrected chi connectivity index (χ2v) is 3.96. The average molecular weight is 245 g/mol. The van der Waals surface area contributed by atoms with Crippen molar-refractivity contribution in [3.63, 3.8) is 0 Å². The minimum Gasteiger partial charge on any atom is -0.475 e. The molecule has 0 aliphatic heterocycles. The Balaban J connectivity index is 2.54. The van der Waals surface area contributed by atoms with Gasteiger partial charge in [0.15, 0.2) is 0 Å². The first kappa shape index (κ1) is 12.4. The van der Waals surface area contributed by atoms with E-state index in [2.05, 4.69) is 4.98 Å². The molecule has 1 N–H and O–H groups in total. The van der Waals surface area contributed by atoms with Crippen molar-refractivity contribution in [2.75, 3.05) is 0 Å². The highest BCUT2D eigenvalue weighted by molar-refractivity contribution is 5.86. The zero-order valence-corrected chi connectivity index (χ0v) is 10.4. The molecule has 94 valence electrons. The fourth-order valence-corrected chi connectivity index (χ4v) is 1.91. The lowest BCUT2D eigenvalue weighted by Crippen LogP contribution is -1.98. The maximum Gasteiger partial charge on any atom is 0.373 e. The Bertz CT molecular complexity index is 572. The summed E-state index contributed by atoms with van der Waals surface area (Å²) in [4.78, 5) is 15.3. The zero-order valence-electron chi connectivity index (χ0n) is 10.4. The molecule has 0 radical (unpaired) electrons. The molecule has 4 heteroatoms. The molecule has 0 aliphatic carbocycles. The van der Waals surface area contributed by atoms with E-state index in [9.17, 15) is 4.79 Å². The quantitative estimate of drug-likeness (QED) is 0.898. The van der Waals surface area contributed by atoms with Gasteiger partial charge in [0.25, 0.3) is 0 Å². The molecule has 0 saturated carbocycles. The molecule has 1 aromatic carbocycles. The number of hydrogen-bond acceptors (Lipinski definition) is 3. The van der Waals surface area contributed by atoms with Gasteiger partial charge in [0, 0.05) is 5.56 Å². The largest absolute Gasteiger partial charge is 0.475 e. The van der Waals surface area contributed by atoms with Gasteiger partial charge in [0.2, 0.25) is 11.7 Å². The number of carboxylic acid groups (broad SMARTS) is 1. The third-order valence-corrected chi connectivity index (χ3v) is 2.86. The standard InChI is InChI=1S/C14H15NO3/c1-3-9-7-5-6-8-10(9)13-15-11(4-2)12(18-13)14(16)17/h5-8H,3-4H2,1-2H3,(H,16,17). The monoisotopic (exact) mass is 245 g/mol. The van der Waals surface area contributed by atoms with Crippen LogP contribution in [0, 0.1) is 0 Å². The fourth-order valence-electron chi connectivity index (χ4n) is 1.91. The van der Waals surface area contributed by atoms with Crippen molar-refractivity contribution in [2.45, 2.75) is 26.7 Å². The molecule has 4 nitrogen and oxygen atoms in total. The first-order chi connectivity index (χ1) is 8.67. The smallest absolute Gasteiger partial charge is 0.373 e. The number of aromatic nitrogens is 1. The third-order valence-electron chi connectivity index (χ3n) is 2.86. The van der Waals surface area contributed by atoms with Gasteiger partial charge < -0.3 is 9.52 Å². The van der Waals surface area contributed by atoms with Crippen LogP contribution in [0.25, 0.3) is 11.5 Å². The lowest BCUT2D eigenvalue weighted by molar-refractivity contribution is 0.0662. The summed E-state index contributed by atoms with van der Waals surface area (Å²) >= 11 is 0. The van der Waals surface area contributed by atoms with E-state index in [-0.39, 0.29) is 5.76 Å². The number of aryl methyl sites for hydroxylation is 2. The summed E-state index contributed by atoms with van der Waals surface area (Å²) in [6, 6.07) is 7.73. The molecule has 1 heterocycles. The molecule has 0 saturated heterocycles. The predicted octanol–water partition coefficient (Wildman–Crippen LogP) is 3.16. The van der Waals surface area contributed by atoms with Gasteiger partial charge in [-0.25, -0.2) is 9.78 Å². The van der Waals surface area contributed by atoms with Crippen molar-refractivity contribution < 1.29 is 14.3 Å². The van der Waals surface area contributed by atoms with Gasteiger partial charge in [0.1, 0.15) is 0 Å². The van der Waals surface area contributed by atoms with Crippen LogP contribution in [0.5, 0.6) is 0 Å². The second kappa shape index (κ2) is 5.04. The Labute approximate surface area is 105 Å². The molecule has 0 bridgehead atoms. The number of rotatable bonds is 4. The van der Waals surface area contributed by atoms with Crippen LogP contribution in [0.3, 0.4) is 0 Å². The number of hydrogen-bond donors (Lipinski definition) is 1. The minimum atomic E-state index is -1.07. The van der Waals surface area contributed by atoms with Crippen molar-refractivity contribution in [1.82, 2.24) is 4.98 Å². The van der Waals surface area contributed by atoms with Crippen molar-refractivity contribution in [3.05, 3.63) is 41.3 Å². The second-order valence-electron chi connectivity index (χ2n) is 3.96. The highest BCUT2D eigenvalue weighted by Gasteiger charge is 2.19. The van der Waals surface area contributed by atoms with E-state index in [1.165, 1.54) is 0 Å². The van der Waals surface area contributed by atoms with Crippen molar-refractivity contribution in [3.8, 4) is 11.5 Å². The van der Waals surface area contributed by atoms with Gasteiger partial charge in [-0.15, -0.1) is 0 Å². The molecule has 0 aliphatic rings. The molecule has 0 amide bonds. The van der Waals surface area contributed by atoms with Gasteiger partial charge in [-0.05, 0) is 24.5 Å². The summed E-state index contributed by atoms with van der Waals surface area (Å²) in [5.74, 6) is -0.736. The van der Waals surface area contributed by atoms with E-state index in [0.717, 1.165) is 17.5 Å². The number of benzene rings is 1. The Kier molecular flexibility index (Phi) is 3.46. The molecule has 0 unspecified atom stereocenters. The zero-order chi connectivity index (χ0) is 13.1. The maximum atomic E-state index is 11.0. The number of oxazole rings is 1. The SMILES string of the molecule is CCc1ccccc1-c1nc(CC)c(C(=O)O)o1. The predicted molar refractivity (Wildman–Crippen MR) is 67.7 cm³/mol. The lowest BCUT2D eigenvalue weighted by atomic mass is 10.1. The van der Waals surface area contributed by atoms with E-state index in [0.29, 0.717) is 18.0 Å². The van der Waals surface area contributed by atoms with Crippen LogP contribution >= 0.6 is 0 Å². The molecule has 0 fully saturated rings. The van der Waals surface area contributed by atoms with Crippen molar-refractivity contribution in [2.24, 2.45) is 0 Å². The van der Waals surface area contributed by atoms with Crippen LogP contribution in [0.4, 0.5) is 0 Å². The number of carbonyl (C=O) groups is 1. The van der Waals surface area contributed by atoms with E-state index < -0.39 is 5.97 Å². The van der Waals surface area contributed by atoms with Crippen LogP contribution in [0.15, 0.2) is 28.7 Å². The Morgan fingerprint density at radius 3 is 2.56 bits per heavy atom. The van der Waals surface area contributed by atoms with E-state index in [1.807, 2.05) is 38.1 Å². The van der Waals surface area contributed by atoms with E-state index in [4.69, 9.17) is 9.52 Å². The molecule has 0 spiro atoms. The highest BCUT2D eigenvalue weighted by atomic mass is 16.4. The number of carboxylic acids is 1. The minimum absolute atomic E-state index is 0.0570. The molecule has 2 rings (SSSR count). The normalized spacial score (nSPS) is 10.6. The molecule has 2 aromatic rings. The Morgan fingerprint density at radius 2 is 2.00 bits per heavy atom. The maximum absolute atomic E-state index is 11.0. The summed E-state index contributed by atoms with van der Waals surface area (Å²) in [5.41, 5.74) is 2.45. The lowest BCUT2D eigenvalue weighted by Gasteiger charge is -2.02. The topological polar surface area (TPSA) is 63.3 Å². The number of nitrogens with zero attached hydrogens (tertiary/aromatic N) is 1. The van der Waals surface area contributed by atoms with Crippen LogP contribution in [0.2, 0.25) is 0 Å². The molecule has 18 heavy (non-hydrogen) atoms. The molecule has 0 atom stereocenters. The summed E-state index contributed by atoms with van der Waals surface area (Å²) in [5, 5.41) is 9.05. The Hall–Kier alpha value is -2.10. The summed E-state index contributed by atoms with van der Waals surface area (Å²) in [7, 11) is 0. The Morgan fingerprint density at radius 1 is 1.28 bits per heavy atom. The van der Waals surface area contributed by atoms with Gasteiger partial charge in [-0.3, -0.25) is 0 Å². The van der Waals surface area contributed by atoms with Crippen LogP contribution in [-0.4, -0.2) is 16.1 Å². The van der Waals surface area contributed by atoms with Crippen LogP contribution < -0.4 is 0 Å². The average Bonchev–Trinajstić information content (AvgIpc) is 2.82. The fraction of sp³-hybridized carbons (Fsp3) is 0.286. The van der Waals surface area contributed by atoms with Gasteiger partial charge in [-0.1, -0.05) is 32.0 Å². The van der Waals surface area contributed by atoms with Crippen molar-refractivity contribution in [1.29, 1.82) is 0 Å². The van der Waals surface area contributed by atoms with Crippen LogP contribution in [0.1, 0.15) is 35.7 Å².